The second kappa shape index (κ2) is 9.80. The Morgan fingerprint density at radius 1 is 0.684 bits per heavy atom. The van der Waals surface area contributed by atoms with Crippen molar-refractivity contribution in [3.8, 4) is 0 Å². The molecule has 1 saturated heterocycles. The highest BCUT2D eigenvalue weighted by Gasteiger charge is 2.23. The van der Waals surface area contributed by atoms with Crippen LogP contribution in [-0.4, -0.2) is 23.5 Å². The Balaban J connectivity index is 2.58. The maximum Gasteiger partial charge on any atom is 0.0121 e. The summed E-state index contributed by atoms with van der Waals surface area (Å²) < 4.78 is 0. The van der Waals surface area contributed by atoms with Crippen LogP contribution >= 0.6 is 0 Å². The average Bonchev–Trinajstić information content (AvgIpc) is 2.37. The van der Waals surface area contributed by atoms with Crippen LogP contribution in [0, 0.1) is 5.92 Å². The van der Waals surface area contributed by atoms with Gasteiger partial charge in [0, 0.05) is 12.1 Å². The monoisotopic (exact) mass is 267 g/mol. The van der Waals surface area contributed by atoms with Crippen LogP contribution in [0.25, 0.3) is 0 Å². The molecule has 0 aromatic rings. The first kappa shape index (κ1) is 17.0. The highest BCUT2D eigenvalue weighted by molar-refractivity contribution is 4.78. The first-order valence-corrected chi connectivity index (χ1v) is 8.88. The Morgan fingerprint density at radius 2 is 1.16 bits per heavy atom. The van der Waals surface area contributed by atoms with Crippen LogP contribution in [0.15, 0.2) is 0 Å². The molecular weight excluding hydrogens is 230 g/mol. The van der Waals surface area contributed by atoms with Crippen LogP contribution in [-0.2, 0) is 0 Å². The van der Waals surface area contributed by atoms with Crippen molar-refractivity contribution in [2.45, 2.75) is 104 Å². The van der Waals surface area contributed by atoms with E-state index in [9.17, 15) is 0 Å². The van der Waals surface area contributed by atoms with Gasteiger partial charge in [-0.2, -0.15) is 0 Å². The third-order valence-electron chi connectivity index (χ3n) is 4.78. The molecule has 0 amide bonds. The lowest BCUT2D eigenvalue weighted by Crippen LogP contribution is -2.44. The smallest absolute Gasteiger partial charge is 0.0121 e. The van der Waals surface area contributed by atoms with Gasteiger partial charge in [-0.25, -0.2) is 0 Å². The van der Waals surface area contributed by atoms with Gasteiger partial charge in [-0.3, -0.25) is 4.90 Å². The van der Waals surface area contributed by atoms with E-state index in [4.69, 9.17) is 0 Å². The van der Waals surface area contributed by atoms with E-state index >= 15 is 0 Å². The molecule has 1 rings (SSSR count). The van der Waals surface area contributed by atoms with E-state index in [0.29, 0.717) is 6.04 Å². The molecular formula is C18H37N. The Bertz CT molecular complexity index is 188. The quantitative estimate of drug-likeness (QED) is 0.626. The zero-order valence-corrected chi connectivity index (χ0v) is 14.0. The Morgan fingerprint density at radius 3 is 1.63 bits per heavy atom. The van der Waals surface area contributed by atoms with Gasteiger partial charge < -0.3 is 0 Å². The predicted molar refractivity (Wildman–Crippen MR) is 86.6 cm³/mol. The van der Waals surface area contributed by atoms with E-state index in [1.54, 1.807) is 0 Å². The van der Waals surface area contributed by atoms with Gasteiger partial charge in [0.1, 0.15) is 0 Å². The van der Waals surface area contributed by atoms with Crippen LogP contribution < -0.4 is 0 Å². The van der Waals surface area contributed by atoms with Crippen molar-refractivity contribution in [2.75, 3.05) is 6.54 Å². The summed E-state index contributed by atoms with van der Waals surface area (Å²) >= 11 is 0. The van der Waals surface area contributed by atoms with Crippen LogP contribution in [0.2, 0.25) is 0 Å². The first-order valence-electron chi connectivity index (χ1n) is 8.88. The molecule has 1 heteroatoms. The van der Waals surface area contributed by atoms with E-state index in [-0.39, 0.29) is 0 Å². The minimum absolute atomic E-state index is 0.706. The Hall–Kier alpha value is -0.0400. The van der Waals surface area contributed by atoms with Crippen LogP contribution in [0.3, 0.4) is 0 Å². The lowest BCUT2D eigenvalue weighted by atomic mass is 9.94. The summed E-state index contributed by atoms with van der Waals surface area (Å²) in [7, 11) is 0. The molecule has 0 bridgehead atoms. The van der Waals surface area contributed by atoms with Crippen molar-refractivity contribution >= 4 is 0 Å². The van der Waals surface area contributed by atoms with Gasteiger partial charge >= 0.3 is 0 Å². The summed E-state index contributed by atoms with van der Waals surface area (Å²) in [4.78, 5) is 2.79. The van der Waals surface area contributed by atoms with Gasteiger partial charge in [0.05, 0.1) is 0 Å². The molecule has 114 valence electrons. The molecule has 1 unspecified atom stereocenters. The van der Waals surface area contributed by atoms with Crippen molar-refractivity contribution < 1.29 is 0 Å². The maximum atomic E-state index is 2.79. The van der Waals surface area contributed by atoms with E-state index in [1.807, 2.05) is 0 Å². The van der Waals surface area contributed by atoms with Crippen molar-refractivity contribution in [3.05, 3.63) is 0 Å². The average molecular weight is 268 g/mol. The molecule has 0 aromatic carbocycles. The van der Waals surface area contributed by atoms with Gasteiger partial charge in [0.15, 0.2) is 0 Å². The molecule has 1 atom stereocenters. The lowest BCUT2D eigenvalue weighted by Gasteiger charge is -2.38. The molecule has 0 aromatic heterocycles. The van der Waals surface area contributed by atoms with Gasteiger partial charge in [-0.15, -0.1) is 0 Å². The fourth-order valence-corrected chi connectivity index (χ4v) is 3.57. The Labute approximate surface area is 122 Å². The fraction of sp³-hybridized carbons (Fsp3) is 1.00. The van der Waals surface area contributed by atoms with Crippen LogP contribution in [0.4, 0.5) is 0 Å². The normalized spacial score (nSPS) is 25.9. The summed E-state index contributed by atoms with van der Waals surface area (Å²) in [6, 6.07) is 1.51. The molecule has 1 heterocycles. The highest BCUT2D eigenvalue weighted by atomic mass is 15.2. The molecule has 1 nitrogen and oxygen atoms in total. The molecule has 0 spiro atoms. The summed E-state index contributed by atoms with van der Waals surface area (Å²) in [5.41, 5.74) is 0. The zero-order chi connectivity index (χ0) is 14.1. The first-order chi connectivity index (χ1) is 9.13. The highest BCUT2D eigenvalue weighted by Crippen LogP contribution is 2.22. The molecule has 0 aliphatic carbocycles. The topological polar surface area (TPSA) is 3.24 Å². The number of hydrogen-bond donors (Lipinski definition) is 0. The molecule has 19 heavy (non-hydrogen) atoms. The van der Waals surface area contributed by atoms with Crippen molar-refractivity contribution in [1.82, 2.24) is 4.90 Å². The summed E-state index contributed by atoms with van der Waals surface area (Å²) in [5, 5.41) is 0. The number of rotatable bonds is 2. The molecule has 0 saturated carbocycles. The third-order valence-corrected chi connectivity index (χ3v) is 4.78. The minimum atomic E-state index is 0.706. The lowest BCUT2D eigenvalue weighted by molar-refractivity contribution is 0.106. The number of hydrogen-bond acceptors (Lipinski definition) is 1. The SMILES string of the molecule is CC(C)C1CCCCCCCCCCCN1C(C)C. The van der Waals surface area contributed by atoms with E-state index in [0.717, 1.165) is 12.0 Å². The number of nitrogens with zero attached hydrogens (tertiary/aromatic N) is 1. The van der Waals surface area contributed by atoms with Gasteiger partial charge in [0.25, 0.3) is 0 Å². The second-order valence-electron chi connectivity index (χ2n) is 7.11. The molecule has 1 aliphatic heterocycles. The zero-order valence-electron chi connectivity index (χ0n) is 14.0. The molecule has 1 fully saturated rings. The summed E-state index contributed by atoms with van der Waals surface area (Å²) in [6.07, 6.45) is 14.5. The third kappa shape index (κ3) is 6.79. The van der Waals surface area contributed by atoms with Crippen LogP contribution in [0.1, 0.15) is 91.9 Å². The van der Waals surface area contributed by atoms with E-state index in [1.165, 1.54) is 70.8 Å². The summed E-state index contributed by atoms with van der Waals surface area (Å²) in [6.45, 7) is 10.9. The predicted octanol–water partition coefficient (Wildman–Crippen LogP) is 5.64. The van der Waals surface area contributed by atoms with Gasteiger partial charge in [0.2, 0.25) is 0 Å². The fourth-order valence-electron chi connectivity index (χ4n) is 3.57. The van der Waals surface area contributed by atoms with Gasteiger partial charge in [-0.1, -0.05) is 65.2 Å². The maximum absolute atomic E-state index is 2.79. The molecule has 0 N–H and O–H groups in total. The molecule has 1 aliphatic rings. The van der Waals surface area contributed by atoms with Crippen molar-refractivity contribution in [3.63, 3.8) is 0 Å². The Kier molecular flexibility index (Phi) is 8.77. The van der Waals surface area contributed by atoms with E-state index < -0.39 is 0 Å². The minimum Gasteiger partial charge on any atom is -0.298 e. The van der Waals surface area contributed by atoms with E-state index in [2.05, 4.69) is 32.6 Å². The largest absolute Gasteiger partial charge is 0.298 e. The standard InChI is InChI=1S/C18H37N/c1-16(2)18-14-12-10-8-6-5-7-9-11-13-15-19(18)17(3)4/h16-18H,5-15H2,1-4H3. The van der Waals surface area contributed by atoms with Gasteiger partial charge in [-0.05, 0) is 39.2 Å². The molecule has 0 radical (unpaired) electrons. The summed E-state index contributed by atoms with van der Waals surface area (Å²) in [5.74, 6) is 0.799. The van der Waals surface area contributed by atoms with Crippen molar-refractivity contribution in [1.29, 1.82) is 0 Å². The van der Waals surface area contributed by atoms with Crippen molar-refractivity contribution in [2.24, 2.45) is 5.92 Å². The van der Waals surface area contributed by atoms with Crippen LogP contribution in [0.5, 0.6) is 0 Å². The second-order valence-corrected chi connectivity index (χ2v) is 7.11.